The number of carbonyl (C=O) groups is 2. The molecular weight excluding hydrogens is 380 g/mol. The second-order valence-electron chi connectivity index (χ2n) is 5.17. The lowest BCUT2D eigenvalue weighted by molar-refractivity contribution is -0.301. The first-order valence-electron chi connectivity index (χ1n) is 6.90. The number of nitriles is 1. The fourth-order valence-electron chi connectivity index (χ4n) is 2.15. The summed E-state index contributed by atoms with van der Waals surface area (Å²) in [5.74, 6) is -5.15. The van der Waals surface area contributed by atoms with Gasteiger partial charge in [-0.3, -0.25) is 9.35 Å². The molecule has 12 heteroatoms. The number of halogens is 2. The number of carbonyl (C=O) groups excluding carboxylic acids is 2. The number of benzene rings is 1. The Balaban J connectivity index is 2.40. The molecule has 26 heavy (non-hydrogen) atoms. The van der Waals surface area contributed by atoms with Crippen molar-refractivity contribution in [1.82, 2.24) is 0 Å². The highest BCUT2D eigenvalue weighted by Gasteiger charge is 2.71. The van der Waals surface area contributed by atoms with Crippen LogP contribution in [-0.2, 0) is 35.5 Å². The SMILES string of the molecule is N#CC1CC(OC(=O)Cc2ccccc2)(C(F)(F)S(=O)(=O)O)OC(=O)O1. The van der Waals surface area contributed by atoms with Crippen molar-refractivity contribution in [3.63, 3.8) is 0 Å². The van der Waals surface area contributed by atoms with Crippen molar-refractivity contribution in [1.29, 1.82) is 5.26 Å². The van der Waals surface area contributed by atoms with Gasteiger partial charge in [-0.05, 0) is 5.56 Å². The summed E-state index contributed by atoms with van der Waals surface area (Å²) < 4.78 is 72.5. The Bertz CT molecular complexity index is 851. The largest absolute Gasteiger partial charge is 0.513 e. The molecule has 1 aromatic carbocycles. The highest BCUT2D eigenvalue weighted by atomic mass is 32.2. The molecule has 1 heterocycles. The second kappa shape index (κ2) is 6.85. The number of nitrogens with zero attached hydrogens (tertiary/aromatic N) is 1. The number of alkyl halides is 2. The Hall–Kier alpha value is -2.78. The molecule has 2 atom stereocenters. The van der Waals surface area contributed by atoms with Crippen molar-refractivity contribution >= 4 is 22.2 Å². The molecule has 0 radical (unpaired) electrons. The average Bonchev–Trinajstić information content (AvgIpc) is 2.53. The van der Waals surface area contributed by atoms with Gasteiger partial charge >= 0.3 is 33.3 Å². The Morgan fingerprint density at radius 2 is 2.04 bits per heavy atom. The molecule has 140 valence electrons. The summed E-state index contributed by atoms with van der Waals surface area (Å²) in [6.45, 7) is 0. The van der Waals surface area contributed by atoms with E-state index < -0.39 is 52.2 Å². The first-order chi connectivity index (χ1) is 12.0. The minimum absolute atomic E-state index is 0.332. The van der Waals surface area contributed by atoms with Crippen molar-refractivity contribution < 1.29 is 45.6 Å². The summed E-state index contributed by atoms with van der Waals surface area (Å²) in [7, 11) is -6.19. The van der Waals surface area contributed by atoms with E-state index in [9.17, 15) is 26.8 Å². The minimum atomic E-state index is -6.19. The maximum Gasteiger partial charge on any atom is 0.513 e. The van der Waals surface area contributed by atoms with E-state index in [1.54, 1.807) is 18.2 Å². The normalized spacial score (nSPS) is 23.3. The molecule has 1 aromatic rings. The van der Waals surface area contributed by atoms with Crippen molar-refractivity contribution in [3.05, 3.63) is 35.9 Å². The number of cyclic esters (lactones) is 2. The van der Waals surface area contributed by atoms with Crippen molar-refractivity contribution in [2.24, 2.45) is 0 Å². The summed E-state index contributed by atoms with van der Waals surface area (Å²) in [4.78, 5) is 23.4. The lowest BCUT2D eigenvalue weighted by atomic mass is 10.1. The van der Waals surface area contributed by atoms with Crippen LogP contribution in [0.5, 0.6) is 0 Å². The van der Waals surface area contributed by atoms with Crippen LogP contribution in [0, 0.1) is 11.3 Å². The van der Waals surface area contributed by atoms with Gasteiger partial charge in [-0.25, -0.2) is 4.79 Å². The zero-order chi connectivity index (χ0) is 19.6. The number of hydrogen-bond donors (Lipinski definition) is 1. The fourth-order valence-corrected chi connectivity index (χ4v) is 2.71. The van der Waals surface area contributed by atoms with Crippen LogP contribution in [0.15, 0.2) is 30.3 Å². The quantitative estimate of drug-likeness (QED) is 0.582. The molecule has 0 amide bonds. The Morgan fingerprint density at radius 3 is 2.58 bits per heavy atom. The fraction of sp³-hybridized carbons (Fsp3) is 0.357. The van der Waals surface area contributed by atoms with E-state index in [4.69, 9.17) is 9.81 Å². The summed E-state index contributed by atoms with van der Waals surface area (Å²) in [5, 5.41) is 3.55. The van der Waals surface area contributed by atoms with E-state index >= 15 is 0 Å². The molecule has 0 spiro atoms. The predicted molar refractivity (Wildman–Crippen MR) is 77.0 cm³/mol. The van der Waals surface area contributed by atoms with Crippen molar-refractivity contribution in [2.75, 3.05) is 0 Å². The molecule has 1 aliphatic heterocycles. The third-order valence-corrected chi connectivity index (χ3v) is 4.28. The van der Waals surface area contributed by atoms with Gasteiger partial charge in [0.1, 0.15) is 6.07 Å². The third kappa shape index (κ3) is 3.73. The zero-order valence-electron chi connectivity index (χ0n) is 12.8. The van der Waals surface area contributed by atoms with Gasteiger partial charge in [-0.15, -0.1) is 0 Å². The lowest BCUT2D eigenvalue weighted by Gasteiger charge is -2.39. The van der Waals surface area contributed by atoms with Gasteiger partial charge < -0.3 is 14.2 Å². The number of hydrogen-bond acceptors (Lipinski definition) is 8. The van der Waals surface area contributed by atoms with E-state index in [-0.39, 0.29) is 0 Å². The summed E-state index contributed by atoms with van der Waals surface area (Å²) in [6.07, 6.45) is -5.66. The van der Waals surface area contributed by atoms with Gasteiger partial charge in [-0.2, -0.15) is 22.5 Å². The molecule has 9 nitrogen and oxygen atoms in total. The zero-order valence-corrected chi connectivity index (χ0v) is 13.6. The molecule has 2 unspecified atom stereocenters. The van der Waals surface area contributed by atoms with Crippen LogP contribution in [0.1, 0.15) is 12.0 Å². The van der Waals surface area contributed by atoms with Gasteiger partial charge in [0, 0.05) is 0 Å². The van der Waals surface area contributed by atoms with E-state index in [1.165, 1.54) is 18.2 Å². The first kappa shape index (κ1) is 19.5. The van der Waals surface area contributed by atoms with E-state index in [1.807, 2.05) is 0 Å². The summed E-state index contributed by atoms with van der Waals surface area (Å²) in [6, 6.07) is 8.95. The first-order valence-corrected chi connectivity index (χ1v) is 8.34. The maximum absolute atomic E-state index is 14.3. The topological polar surface area (TPSA) is 140 Å². The van der Waals surface area contributed by atoms with Crippen LogP contribution < -0.4 is 0 Å². The van der Waals surface area contributed by atoms with E-state index in [2.05, 4.69) is 14.2 Å². The molecule has 1 N–H and O–H groups in total. The second-order valence-corrected chi connectivity index (χ2v) is 6.64. The summed E-state index contributed by atoms with van der Waals surface area (Å²) >= 11 is 0. The molecule has 0 saturated carbocycles. The van der Waals surface area contributed by atoms with Crippen molar-refractivity contribution in [3.8, 4) is 6.07 Å². The van der Waals surface area contributed by atoms with Crippen LogP contribution in [0.2, 0.25) is 0 Å². The van der Waals surface area contributed by atoms with E-state index in [0.29, 0.717) is 5.56 Å². The average molecular weight is 391 g/mol. The van der Waals surface area contributed by atoms with Crippen LogP contribution in [0.3, 0.4) is 0 Å². The monoisotopic (exact) mass is 391 g/mol. The molecule has 1 saturated heterocycles. The third-order valence-electron chi connectivity index (χ3n) is 3.32. The van der Waals surface area contributed by atoms with Crippen LogP contribution in [0.25, 0.3) is 0 Å². The number of ether oxygens (including phenoxy) is 3. The number of esters is 1. The molecule has 0 aromatic heterocycles. The highest BCUT2D eigenvalue weighted by Crippen LogP contribution is 2.44. The van der Waals surface area contributed by atoms with Crippen molar-refractivity contribution in [2.45, 2.75) is 30.0 Å². The minimum Gasteiger partial charge on any atom is -0.415 e. The van der Waals surface area contributed by atoms with Gasteiger partial charge in [0.2, 0.25) is 0 Å². The predicted octanol–water partition coefficient (Wildman–Crippen LogP) is 1.40. The molecule has 2 rings (SSSR count). The molecule has 1 fully saturated rings. The molecule has 0 bridgehead atoms. The van der Waals surface area contributed by atoms with Crippen LogP contribution in [0.4, 0.5) is 13.6 Å². The van der Waals surface area contributed by atoms with E-state index in [0.717, 1.165) is 0 Å². The standard InChI is InChI=1S/C14H11F2NO8S/c15-14(16,26(20,21)22)13(7-10(8-17)23-12(19)25-13)24-11(18)6-9-4-2-1-3-5-9/h1-5,10H,6-7H2,(H,20,21,22). The summed E-state index contributed by atoms with van der Waals surface area (Å²) in [5.41, 5.74) is 0.332. The van der Waals surface area contributed by atoms with Gasteiger partial charge in [0.05, 0.1) is 12.8 Å². The molecule has 1 aliphatic rings. The smallest absolute Gasteiger partial charge is 0.415 e. The Morgan fingerprint density at radius 1 is 1.42 bits per heavy atom. The number of rotatable bonds is 5. The van der Waals surface area contributed by atoms with Gasteiger partial charge in [-0.1, -0.05) is 30.3 Å². The molecular formula is C14H11F2NO8S. The highest BCUT2D eigenvalue weighted by molar-refractivity contribution is 7.87. The van der Waals surface area contributed by atoms with Gasteiger partial charge in [0.25, 0.3) is 0 Å². The Kier molecular flexibility index (Phi) is 5.15. The molecule has 0 aliphatic carbocycles. The maximum atomic E-state index is 14.3. The van der Waals surface area contributed by atoms with Gasteiger partial charge in [0.15, 0.2) is 6.10 Å². The van der Waals surface area contributed by atoms with Crippen LogP contribution in [-0.4, -0.2) is 42.2 Å². The van der Waals surface area contributed by atoms with Crippen LogP contribution >= 0.6 is 0 Å². The Labute approximate surface area is 145 Å². The lowest BCUT2D eigenvalue weighted by Crippen LogP contribution is -2.62.